The lowest BCUT2D eigenvalue weighted by atomic mass is 9.97. The van der Waals surface area contributed by atoms with E-state index in [0.29, 0.717) is 29.8 Å². The van der Waals surface area contributed by atoms with Gasteiger partial charge in [-0.2, -0.15) is 5.26 Å². The van der Waals surface area contributed by atoms with Gasteiger partial charge in [0, 0.05) is 12.0 Å². The summed E-state index contributed by atoms with van der Waals surface area (Å²) in [6.07, 6.45) is 5.60. The number of aliphatic carboxylic acids is 1. The molecule has 38 heavy (non-hydrogen) atoms. The van der Waals surface area contributed by atoms with Crippen LogP contribution in [0.15, 0.2) is 65.7 Å². The Labute approximate surface area is 220 Å². The second-order valence-electron chi connectivity index (χ2n) is 8.76. The molecule has 2 aromatic carbocycles. The average molecular weight is 510 g/mol. The predicted molar refractivity (Wildman–Crippen MR) is 141 cm³/mol. The van der Waals surface area contributed by atoms with Crippen LogP contribution in [-0.4, -0.2) is 37.2 Å². The Bertz CT molecular complexity index is 1540. The molecule has 4 rings (SSSR count). The van der Waals surface area contributed by atoms with Crippen molar-refractivity contribution in [2.75, 3.05) is 6.61 Å². The van der Waals surface area contributed by atoms with Gasteiger partial charge in [-0.25, -0.2) is 24.3 Å². The van der Waals surface area contributed by atoms with E-state index in [-0.39, 0.29) is 17.3 Å². The maximum Gasteiger partial charge on any atom is 0.341 e. The van der Waals surface area contributed by atoms with Crippen LogP contribution in [0.1, 0.15) is 48.0 Å². The fourth-order valence-corrected chi connectivity index (χ4v) is 4.17. The van der Waals surface area contributed by atoms with Gasteiger partial charge in [-0.15, -0.1) is 0 Å². The van der Waals surface area contributed by atoms with E-state index in [4.69, 9.17) is 14.8 Å². The number of aryl methyl sites for hydroxylation is 2. The number of nitrogens with zero attached hydrogens (tertiary/aromatic N) is 5. The minimum Gasteiger partial charge on any atom is -0.479 e. The van der Waals surface area contributed by atoms with Gasteiger partial charge in [0.2, 0.25) is 5.95 Å². The van der Waals surface area contributed by atoms with Gasteiger partial charge in [0.25, 0.3) is 5.56 Å². The zero-order valence-corrected chi connectivity index (χ0v) is 21.2. The lowest BCUT2D eigenvalue weighted by Gasteiger charge is -2.15. The number of carbonyl (C=O) groups is 1. The second kappa shape index (κ2) is 11.9. The monoisotopic (exact) mass is 509 g/mol. The molecule has 0 bridgehead atoms. The van der Waals surface area contributed by atoms with Crippen molar-refractivity contribution in [1.29, 1.82) is 5.26 Å². The molecular weight excluding hydrogens is 482 g/mol. The van der Waals surface area contributed by atoms with E-state index in [1.54, 1.807) is 13.0 Å². The van der Waals surface area contributed by atoms with E-state index < -0.39 is 12.6 Å². The lowest BCUT2D eigenvalue weighted by Crippen LogP contribution is -2.29. The SMILES string of the molecule is CCCCc1nc(C)n(-c2ncc(OCC(=O)O)cn2)c(=O)c1Cc1ccc(-c2ccccc2C#N)cc1. The summed E-state index contributed by atoms with van der Waals surface area (Å²) in [7, 11) is 0. The molecule has 192 valence electrons. The summed E-state index contributed by atoms with van der Waals surface area (Å²) < 4.78 is 6.46. The van der Waals surface area contributed by atoms with Gasteiger partial charge in [-0.3, -0.25) is 4.79 Å². The zero-order chi connectivity index (χ0) is 27.1. The molecule has 9 heteroatoms. The highest BCUT2D eigenvalue weighted by molar-refractivity contribution is 5.70. The summed E-state index contributed by atoms with van der Waals surface area (Å²) in [6.45, 7) is 3.31. The average Bonchev–Trinajstić information content (AvgIpc) is 2.93. The summed E-state index contributed by atoms with van der Waals surface area (Å²) in [5, 5.41) is 18.2. The number of aromatic nitrogens is 4. The minimum atomic E-state index is -1.11. The predicted octanol–water partition coefficient (Wildman–Crippen LogP) is 4.27. The summed E-state index contributed by atoms with van der Waals surface area (Å²) >= 11 is 0. The van der Waals surface area contributed by atoms with Gasteiger partial charge in [0.1, 0.15) is 5.82 Å². The Morgan fingerprint density at radius 2 is 1.82 bits per heavy atom. The van der Waals surface area contributed by atoms with Crippen LogP contribution in [0.4, 0.5) is 0 Å². The van der Waals surface area contributed by atoms with Crippen LogP contribution in [0.2, 0.25) is 0 Å². The van der Waals surface area contributed by atoms with E-state index >= 15 is 0 Å². The molecule has 1 N–H and O–H groups in total. The molecule has 9 nitrogen and oxygen atoms in total. The highest BCUT2D eigenvalue weighted by Gasteiger charge is 2.18. The van der Waals surface area contributed by atoms with Gasteiger partial charge < -0.3 is 9.84 Å². The molecule has 2 heterocycles. The Balaban J connectivity index is 1.69. The Kier molecular flexibility index (Phi) is 8.23. The minimum absolute atomic E-state index is 0.134. The number of carboxylic acids is 1. The third-order valence-corrected chi connectivity index (χ3v) is 6.07. The molecule has 0 saturated heterocycles. The van der Waals surface area contributed by atoms with E-state index in [2.05, 4.69) is 23.0 Å². The van der Waals surface area contributed by atoms with Crippen molar-refractivity contribution in [1.82, 2.24) is 19.5 Å². The molecule has 0 amide bonds. The standard InChI is InChI=1S/C29H27N5O4/c1-3-4-9-26-25(14-20-10-12-21(13-11-20)24-8-6-5-7-22(24)15-30)28(37)34(19(2)33-26)29-31-16-23(17-32-29)38-18-27(35)36/h5-8,10-13,16-17H,3-4,9,14,18H2,1-2H3,(H,35,36). The molecule has 0 radical (unpaired) electrons. The molecular formula is C29H27N5O4. The molecule has 0 spiro atoms. The number of ether oxygens (including phenoxy) is 1. The van der Waals surface area contributed by atoms with E-state index in [9.17, 15) is 14.9 Å². The van der Waals surface area contributed by atoms with E-state index in [1.807, 2.05) is 42.5 Å². The van der Waals surface area contributed by atoms with Crippen molar-refractivity contribution in [3.63, 3.8) is 0 Å². The van der Waals surface area contributed by atoms with Crippen molar-refractivity contribution < 1.29 is 14.6 Å². The lowest BCUT2D eigenvalue weighted by molar-refractivity contribution is -0.139. The highest BCUT2D eigenvalue weighted by Crippen LogP contribution is 2.24. The summed E-state index contributed by atoms with van der Waals surface area (Å²) in [5.41, 5.74) is 4.41. The molecule has 0 aliphatic carbocycles. The molecule has 0 fully saturated rings. The molecule has 0 aliphatic rings. The smallest absolute Gasteiger partial charge is 0.341 e. The van der Waals surface area contributed by atoms with Gasteiger partial charge in [-0.05, 0) is 42.5 Å². The normalized spacial score (nSPS) is 10.7. The second-order valence-corrected chi connectivity index (χ2v) is 8.76. The summed E-state index contributed by atoms with van der Waals surface area (Å²) in [4.78, 5) is 37.7. The number of benzene rings is 2. The van der Waals surface area contributed by atoms with E-state index in [1.165, 1.54) is 17.0 Å². The zero-order valence-electron chi connectivity index (χ0n) is 21.2. The first-order chi connectivity index (χ1) is 18.4. The molecule has 0 saturated carbocycles. The van der Waals surface area contributed by atoms with Gasteiger partial charge in [0.15, 0.2) is 12.4 Å². The fraction of sp³-hybridized carbons (Fsp3) is 0.241. The first kappa shape index (κ1) is 26.2. The third kappa shape index (κ3) is 5.93. The Morgan fingerprint density at radius 1 is 1.11 bits per heavy atom. The van der Waals surface area contributed by atoms with Gasteiger partial charge >= 0.3 is 5.97 Å². The maximum atomic E-state index is 13.7. The molecule has 2 aromatic heterocycles. The van der Waals surface area contributed by atoms with Crippen LogP contribution < -0.4 is 10.3 Å². The van der Waals surface area contributed by atoms with Gasteiger partial charge in [-0.1, -0.05) is 55.8 Å². The van der Waals surface area contributed by atoms with Gasteiger partial charge in [0.05, 0.1) is 29.7 Å². The summed E-state index contributed by atoms with van der Waals surface area (Å²) in [5.74, 6) is -0.324. The number of rotatable bonds is 10. The first-order valence-electron chi connectivity index (χ1n) is 12.3. The van der Waals surface area contributed by atoms with Crippen LogP contribution >= 0.6 is 0 Å². The summed E-state index contributed by atoms with van der Waals surface area (Å²) in [6, 6.07) is 17.5. The van der Waals surface area contributed by atoms with Crippen LogP contribution in [0.25, 0.3) is 17.1 Å². The van der Waals surface area contributed by atoms with Crippen LogP contribution in [-0.2, 0) is 17.6 Å². The molecule has 0 atom stereocenters. The molecule has 4 aromatic rings. The topological polar surface area (TPSA) is 131 Å². The molecule has 0 aliphatic heterocycles. The molecule has 0 unspecified atom stereocenters. The van der Waals surface area contributed by atoms with Crippen LogP contribution in [0.5, 0.6) is 5.75 Å². The number of nitriles is 1. The van der Waals surface area contributed by atoms with Crippen LogP contribution in [0, 0.1) is 18.3 Å². The quantitative estimate of drug-likeness (QED) is 0.335. The van der Waals surface area contributed by atoms with Crippen molar-refractivity contribution in [3.8, 4) is 28.9 Å². The number of carboxylic acid groups (broad SMARTS) is 1. The van der Waals surface area contributed by atoms with Crippen molar-refractivity contribution in [2.45, 2.75) is 39.5 Å². The largest absolute Gasteiger partial charge is 0.479 e. The number of hydrogen-bond donors (Lipinski definition) is 1. The van der Waals surface area contributed by atoms with Crippen molar-refractivity contribution >= 4 is 5.97 Å². The highest BCUT2D eigenvalue weighted by atomic mass is 16.5. The van der Waals surface area contributed by atoms with Crippen LogP contribution in [0.3, 0.4) is 0 Å². The van der Waals surface area contributed by atoms with Crippen molar-refractivity contribution in [3.05, 3.63) is 99.5 Å². The third-order valence-electron chi connectivity index (χ3n) is 6.07. The number of unbranched alkanes of at least 4 members (excludes halogenated alkanes) is 1. The maximum absolute atomic E-state index is 13.7. The number of hydrogen-bond acceptors (Lipinski definition) is 7. The Hall–Kier alpha value is -4.84. The fourth-order valence-electron chi connectivity index (χ4n) is 4.17. The van der Waals surface area contributed by atoms with E-state index in [0.717, 1.165) is 35.2 Å². The Morgan fingerprint density at radius 3 is 2.47 bits per heavy atom. The van der Waals surface area contributed by atoms with Crippen molar-refractivity contribution in [2.24, 2.45) is 0 Å². The first-order valence-corrected chi connectivity index (χ1v) is 12.3.